The molecule has 18 heavy (non-hydrogen) atoms. The normalized spacial score (nSPS) is 18.6. The third-order valence-electron chi connectivity index (χ3n) is 3.53. The van der Waals surface area contributed by atoms with Crippen molar-refractivity contribution in [3.8, 4) is 6.07 Å². The Morgan fingerprint density at radius 2 is 2.33 bits per heavy atom. The molecule has 1 aliphatic heterocycles. The first kappa shape index (κ1) is 12.9. The molecule has 1 fully saturated rings. The molecule has 1 aromatic carbocycles. The van der Waals surface area contributed by atoms with Crippen LogP contribution < -0.4 is 4.90 Å². The van der Waals surface area contributed by atoms with Crippen molar-refractivity contribution < 1.29 is 4.74 Å². The predicted octanol–water partition coefficient (Wildman–Crippen LogP) is 2.87. The first-order valence-corrected chi connectivity index (χ1v) is 6.62. The van der Waals surface area contributed by atoms with Gasteiger partial charge in [-0.05, 0) is 50.5 Å². The molecule has 0 aromatic heterocycles. The lowest BCUT2D eigenvalue weighted by atomic mass is 10.1. The van der Waals surface area contributed by atoms with Crippen molar-refractivity contribution in [3.63, 3.8) is 0 Å². The SMILES string of the molecule is CCN(CC1CCCO1)c1ccc(C#N)c(C)c1. The van der Waals surface area contributed by atoms with Crippen LogP contribution >= 0.6 is 0 Å². The lowest BCUT2D eigenvalue weighted by Crippen LogP contribution is -2.32. The van der Waals surface area contributed by atoms with Gasteiger partial charge in [0.1, 0.15) is 0 Å². The van der Waals surface area contributed by atoms with Gasteiger partial charge in [0.05, 0.1) is 17.7 Å². The van der Waals surface area contributed by atoms with Crippen molar-refractivity contribution >= 4 is 5.69 Å². The van der Waals surface area contributed by atoms with E-state index in [1.165, 1.54) is 12.1 Å². The smallest absolute Gasteiger partial charge is 0.0994 e. The van der Waals surface area contributed by atoms with Crippen LogP contribution in [0.15, 0.2) is 18.2 Å². The summed E-state index contributed by atoms with van der Waals surface area (Å²) < 4.78 is 5.69. The topological polar surface area (TPSA) is 36.3 Å². The highest BCUT2D eigenvalue weighted by Gasteiger charge is 2.18. The van der Waals surface area contributed by atoms with Gasteiger partial charge < -0.3 is 9.64 Å². The third-order valence-corrected chi connectivity index (χ3v) is 3.53. The van der Waals surface area contributed by atoms with Gasteiger partial charge in [-0.1, -0.05) is 0 Å². The first-order valence-electron chi connectivity index (χ1n) is 6.62. The van der Waals surface area contributed by atoms with Crippen molar-refractivity contribution in [1.29, 1.82) is 5.26 Å². The monoisotopic (exact) mass is 244 g/mol. The molecule has 96 valence electrons. The predicted molar refractivity (Wildman–Crippen MR) is 72.8 cm³/mol. The van der Waals surface area contributed by atoms with Crippen molar-refractivity contribution in [2.45, 2.75) is 32.8 Å². The minimum atomic E-state index is 0.362. The number of aryl methyl sites for hydroxylation is 1. The highest BCUT2D eigenvalue weighted by atomic mass is 16.5. The Labute approximate surface area is 109 Å². The zero-order valence-electron chi connectivity index (χ0n) is 11.1. The Morgan fingerprint density at radius 1 is 1.50 bits per heavy atom. The zero-order chi connectivity index (χ0) is 13.0. The molecule has 0 aliphatic carbocycles. The summed E-state index contributed by atoms with van der Waals surface area (Å²) in [6.45, 7) is 6.95. The molecule has 3 nitrogen and oxygen atoms in total. The van der Waals surface area contributed by atoms with E-state index in [1.54, 1.807) is 0 Å². The van der Waals surface area contributed by atoms with Gasteiger partial charge in [-0.2, -0.15) is 5.26 Å². The number of likely N-dealkylation sites (N-methyl/N-ethyl adjacent to an activating group) is 1. The average molecular weight is 244 g/mol. The Hall–Kier alpha value is -1.53. The fraction of sp³-hybridized carbons (Fsp3) is 0.533. The quantitative estimate of drug-likeness (QED) is 0.817. The summed E-state index contributed by atoms with van der Waals surface area (Å²) in [5.41, 5.74) is 2.98. The van der Waals surface area contributed by atoms with Crippen molar-refractivity contribution in [2.75, 3.05) is 24.6 Å². The minimum absolute atomic E-state index is 0.362. The molecule has 0 bridgehead atoms. The molecule has 0 radical (unpaired) electrons. The van der Waals surface area contributed by atoms with Gasteiger partial charge in [-0.15, -0.1) is 0 Å². The summed E-state index contributed by atoms with van der Waals surface area (Å²) in [4.78, 5) is 2.32. The number of hydrogen-bond donors (Lipinski definition) is 0. The molecule has 3 heteroatoms. The maximum absolute atomic E-state index is 8.95. The molecule has 2 rings (SSSR count). The largest absolute Gasteiger partial charge is 0.376 e. The van der Waals surface area contributed by atoms with Gasteiger partial charge in [-0.3, -0.25) is 0 Å². The van der Waals surface area contributed by atoms with E-state index >= 15 is 0 Å². The van der Waals surface area contributed by atoms with Crippen LogP contribution in [0.4, 0.5) is 5.69 Å². The Bertz CT molecular complexity index is 444. The number of hydrogen-bond acceptors (Lipinski definition) is 3. The molecular weight excluding hydrogens is 224 g/mol. The van der Waals surface area contributed by atoms with Crippen molar-refractivity contribution in [3.05, 3.63) is 29.3 Å². The molecular formula is C15H20N2O. The lowest BCUT2D eigenvalue weighted by Gasteiger charge is -2.26. The minimum Gasteiger partial charge on any atom is -0.376 e. The fourth-order valence-corrected chi connectivity index (χ4v) is 2.42. The summed E-state index contributed by atoms with van der Waals surface area (Å²) in [6, 6.07) is 8.24. The fourth-order valence-electron chi connectivity index (χ4n) is 2.42. The number of anilines is 1. The van der Waals surface area contributed by atoms with Crippen LogP contribution in [0.25, 0.3) is 0 Å². The second-order valence-corrected chi connectivity index (χ2v) is 4.78. The summed E-state index contributed by atoms with van der Waals surface area (Å²) in [6.07, 6.45) is 2.70. The molecule has 1 saturated heterocycles. The van der Waals surface area contributed by atoms with Crippen LogP contribution in [0.2, 0.25) is 0 Å². The van der Waals surface area contributed by atoms with Crippen LogP contribution in [0.1, 0.15) is 30.9 Å². The third kappa shape index (κ3) is 2.83. The molecule has 1 heterocycles. The average Bonchev–Trinajstić information content (AvgIpc) is 2.88. The Morgan fingerprint density at radius 3 is 2.89 bits per heavy atom. The molecule has 1 aliphatic rings. The van der Waals surface area contributed by atoms with E-state index < -0.39 is 0 Å². The molecule has 0 saturated carbocycles. The van der Waals surface area contributed by atoms with E-state index in [0.29, 0.717) is 6.10 Å². The van der Waals surface area contributed by atoms with E-state index in [9.17, 15) is 0 Å². The zero-order valence-corrected chi connectivity index (χ0v) is 11.1. The summed E-state index contributed by atoms with van der Waals surface area (Å²) in [5.74, 6) is 0. The molecule has 0 N–H and O–H groups in total. The van der Waals surface area contributed by atoms with Gasteiger partial charge >= 0.3 is 0 Å². The van der Waals surface area contributed by atoms with E-state index in [4.69, 9.17) is 10.00 Å². The van der Waals surface area contributed by atoms with Crippen LogP contribution in [0, 0.1) is 18.3 Å². The second-order valence-electron chi connectivity index (χ2n) is 4.78. The van der Waals surface area contributed by atoms with Gasteiger partial charge in [0.15, 0.2) is 0 Å². The Balaban J connectivity index is 2.11. The van der Waals surface area contributed by atoms with E-state index in [2.05, 4.69) is 24.0 Å². The summed E-state index contributed by atoms with van der Waals surface area (Å²) in [7, 11) is 0. The number of benzene rings is 1. The maximum Gasteiger partial charge on any atom is 0.0994 e. The van der Waals surface area contributed by atoms with Crippen LogP contribution in [0.5, 0.6) is 0 Å². The summed E-state index contributed by atoms with van der Waals surface area (Å²) >= 11 is 0. The molecule has 1 aromatic rings. The van der Waals surface area contributed by atoms with E-state index in [-0.39, 0.29) is 0 Å². The van der Waals surface area contributed by atoms with Crippen molar-refractivity contribution in [1.82, 2.24) is 0 Å². The second kappa shape index (κ2) is 5.88. The van der Waals surface area contributed by atoms with E-state index in [1.807, 2.05) is 19.1 Å². The number of nitriles is 1. The Kier molecular flexibility index (Phi) is 4.22. The highest BCUT2D eigenvalue weighted by Crippen LogP contribution is 2.21. The van der Waals surface area contributed by atoms with Crippen LogP contribution in [0.3, 0.4) is 0 Å². The highest BCUT2D eigenvalue weighted by molar-refractivity contribution is 5.53. The van der Waals surface area contributed by atoms with Crippen molar-refractivity contribution in [2.24, 2.45) is 0 Å². The van der Waals surface area contributed by atoms with Gasteiger partial charge in [0, 0.05) is 25.4 Å². The van der Waals surface area contributed by atoms with E-state index in [0.717, 1.165) is 37.2 Å². The molecule has 0 spiro atoms. The first-order chi connectivity index (χ1) is 8.74. The molecule has 0 amide bonds. The number of ether oxygens (including phenoxy) is 1. The summed E-state index contributed by atoms with van der Waals surface area (Å²) in [5, 5.41) is 8.95. The maximum atomic E-state index is 8.95. The van der Waals surface area contributed by atoms with Gasteiger partial charge in [0.25, 0.3) is 0 Å². The lowest BCUT2D eigenvalue weighted by molar-refractivity contribution is 0.115. The van der Waals surface area contributed by atoms with Crippen LogP contribution in [-0.4, -0.2) is 25.8 Å². The molecule has 1 atom stereocenters. The number of rotatable bonds is 4. The number of nitrogens with zero attached hydrogens (tertiary/aromatic N) is 2. The van der Waals surface area contributed by atoms with Gasteiger partial charge in [-0.25, -0.2) is 0 Å². The standard InChI is InChI=1S/C15H20N2O/c1-3-17(11-15-5-4-8-18-15)14-7-6-13(10-16)12(2)9-14/h6-7,9,15H,3-5,8,11H2,1-2H3. The molecule has 1 unspecified atom stereocenters. The van der Waals surface area contributed by atoms with Crippen LogP contribution in [-0.2, 0) is 4.74 Å². The van der Waals surface area contributed by atoms with Gasteiger partial charge in [0.2, 0.25) is 0 Å².